The van der Waals surface area contributed by atoms with Gasteiger partial charge in [0.25, 0.3) is 0 Å². The molecule has 0 atom stereocenters. The zero-order valence-electron chi connectivity index (χ0n) is 13.1. The zero-order chi connectivity index (χ0) is 17.1. The molecule has 0 saturated heterocycles. The summed E-state index contributed by atoms with van der Waals surface area (Å²) < 4.78 is 12.9. The summed E-state index contributed by atoms with van der Waals surface area (Å²) in [7, 11) is 0. The highest BCUT2D eigenvalue weighted by Crippen LogP contribution is 2.36. The van der Waals surface area contributed by atoms with Crippen molar-refractivity contribution in [1.29, 1.82) is 0 Å². The number of thiophene rings is 1. The summed E-state index contributed by atoms with van der Waals surface area (Å²) in [4.78, 5) is 9.56. The van der Waals surface area contributed by atoms with Crippen LogP contribution in [0.5, 0.6) is 0 Å². The van der Waals surface area contributed by atoms with E-state index in [-0.39, 0.29) is 5.82 Å². The predicted octanol–water partition coefficient (Wildman–Crippen LogP) is 4.94. The topological polar surface area (TPSA) is 50.2 Å². The van der Waals surface area contributed by atoms with Gasteiger partial charge in [-0.2, -0.15) is 5.10 Å². The van der Waals surface area contributed by atoms with Crippen molar-refractivity contribution in [3.05, 3.63) is 77.7 Å². The van der Waals surface area contributed by atoms with Crippen LogP contribution in [-0.4, -0.2) is 16.2 Å². The third-order valence-electron chi connectivity index (χ3n) is 3.71. The van der Waals surface area contributed by atoms with Crippen molar-refractivity contribution in [1.82, 2.24) is 9.97 Å². The Morgan fingerprint density at radius 1 is 1.00 bits per heavy atom. The molecule has 25 heavy (non-hydrogen) atoms. The van der Waals surface area contributed by atoms with Crippen LogP contribution in [0.15, 0.2) is 71.4 Å². The van der Waals surface area contributed by atoms with E-state index in [0.717, 1.165) is 26.9 Å². The first-order valence-electron chi connectivity index (χ1n) is 7.63. The molecular weight excluding hydrogens is 335 g/mol. The van der Waals surface area contributed by atoms with E-state index in [1.54, 1.807) is 29.7 Å². The second-order valence-corrected chi connectivity index (χ2v) is 6.20. The monoisotopic (exact) mass is 348 g/mol. The molecule has 0 spiro atoms. The van der Waals surface area contributed by atoms with Crippen molar-refractivity contribution in [2.75, 3.05) is 5.43 Å². The van der Waals surface area contributed by atoms with Crippen LogP contribution in [-0.2, 0) is 0 Å². The number of benzene rings is 2. The Morgan fingerprint density at radius 3 is 2.60 bits per heavy atom. The van der Waals surface area contributed by atoms with E-state index >= 15 is 0 Å². The Bertz CT molecular complexity index is 1030. The summed E-state index contributed by atoms with van der Waals surface area (Å²) in [5, 5.41) is 7.24. The second-order valence-electron chi connectivity index (χ2n) is 5.34. The number of hydrogen-bond donors (Lipinski definition) is 1. The Morgan fingerprint density at radius 2 is 1.80 bits per heavy atom. The van der Waals surface area contributed by atoms with E-state index in [0.29, 0.717) is 5.82 Å². The third-order valence-corrected chi connectivity index (χ3v) is 4.60. The van der Waals surface area contributed by atoms with Crippen LogP contribution < -0.4 is 5.43 Å². The maximum atomic E-state index is 12.9. The van der Waals surface area contributed by atoms with Gasteiger partial charge < -0.3 is 0 Å². The molecule has 4 nitrogen and oxygen atoms in total. The van der Waals surface area contributed by atoms with Crippen molar-refractivity contribution in [2.24, 2.45) is 5.10 Å². The molecule has 0 aliphatic heterocycles. The summed E-state index contributed by atoms with van der Waals surface area (Å²) in [5.41, 5.74) is 5.95. The molecule has 0 radical (unpaired) electrons. The molecule has 0 aliphatic carbocycles. The Labute approximate surface area is 147 Å². The summed E-state index contributed by atoms with van der Waals surface area (Å²) in [6.45, 7) is 0. The van der Waals surface area contributed by atoms with E-state index in [2.05, 4.69) is 38.0 Å². The van der Waals surface area contributed by atoms with E-state index in [9.17, 15) is 4.39 Å². The first-order valence-corrected chi connectivity index (χ1v) is 8.51. The summed E-state index contributed by atoms with van der Waals surface area (Å²) in [6, 6.07) is 16.2. The Kier molecular flexibility index (Phi) is 4.18. The lowest BCUT2D eigenvalue weighted by atomic mass is 10.1. The van der Waals surface area contributed by atoms with E-state index in [1.807, 2.05) is 18.2 Å². The number of rotatable bonds is 4. The average Bonchev–Trinajstić information content (AvgIpc) is 3.09. The van der Waals surface area contributed by atoms with Crippen molar-refractivity contribution < 1.29 is 4.39 Å². The number of nitrogens with one attached hydrogen (secondary N) is 1. The lowest BCUT2D eigenvalue weighted by Gasteiger charge is -2.04. The van der Waals surface area contributed by atoms with Gasteiger partial charge in [-0.1, -0.05) is 42.5 Å². The number of anilines is 1. The van der Waals surface area contributed by atoms with Crippen LogP contribution in [0.1, 0.15) is 5.56 Å². The van der Waals surface area contributed by atoms with Crippen molar-refractivity contribution in [3.8, 4) is 11.1 Å². The van der Waals surface area contributed by atoms with Gasteiger partial charge in [-0.15, -0.1) is 11.3 Å². The fourth-order valence-electron chi connectivity index (χ4n) is 2.51. The molecule has 2 aromatic carbocycles. The predicted molar refractivity (Wildman–Crippen MR) is 100 cm³/mol. The van der Waals surface area contributed by atoms with Crippen molar-refractivity contribution in [3.63, 3.8) is 0 Å². The highest BCUT2D eigenvalue weighted by Gasteiger charge is 2.12. The van der Waals surface area contributed by atoms with Crippen LogP contribution in [0.3, 0.4) is 0 Å². The molecular formula is C19H13FN4S. The molecule has 122 valence electrons. The molecule has 1 N–H and O–H groups in total. The van der Waals surface area contributed by atoms with Crippen LogP contribution in [0.2, 0.25) is 0 Å². The van der Waals surface area contributed by atoms with Gasteiger partial charge in [0.2, 0.25) is 0 Å². The van der Waals surface area contributed by atoms with Crippen molar-refractivity contribution in [2.45, 2.75) is 0 Å². The molecule has 4 rings (SSSR count). The minimum absolute atomic E-state index is 0.270. The van der Waals surface area contributed by atoms with Gasteiger partial charge in [0, 0.05) is 10.9 Å². The number of hydrazone groups is 1. The maximum absolute atomic E-state index is 12.9. The first kappa shape index (κ1) is 15.4. The standard InChI is InChI=1S/C19H13FN4S/c20-15-8-6-13(7-9-15)10-23-24-18-17-16(14-4-2-1-3-5-14)11-25-19(17)22-12-21-18/h1-12H,(H,21,22,24)/b23-10-. The molecule has 0 amide bonds. The number of fused-ring (bicyclic) bond motifs is 1. The number of hydrogen-bond acceptors (Lipinski definition) is 5. The van der Waals surface area contributed by atoms with Gasteiger partial charge >= 0.3 is 0 Å². The maximum Gasteiger partial charge on any atom is 0.159 e. The normalized spacial score (nSPS) is 11.2. The Balaban J connectivity index is 1.68. The third kappa shape index (κ3) is 3.25. The smallest absolute Gasteiger partial charge is 0.159 e. The largest absolute Gasteiger partial charge is 0.261 e. The van der Waals surface area contributed by atoms with E-state index in [1.165, 1.54) is 18.5 Å². The van der Waals surface area contributed by atoms with E-state index in [4.69, 9.17) is 0 Å². The molecule has 0 unspecified atom stereocenters. The summed E-state index contributed by atoms with van der Waals surface area (Å²) >= 11 is 1.57. The first-order chi connectivity index (χ1) is 12.3. The van der Waals surface area contributed by atoms with Gasteiger partial charge in [0.1, 0.15) is 17.0 Å². The number of aromatic nitrogens is 2. The molecule has 2 heterocycles. The number of halogens is 1. The highest BCUT2D eigenvalue weighted by atomic mass is 32.1. The van der Waals surface area contributed by atoms with Crippen molar-refractivity contribution >= 4 is 33.6 Å². The average molecular weight is 348 g/mol. The van der Waals surface area contributed by atoms with E-state index < -0.39 is 0 Å². The lowest BCUT2D eigenvalue weighted by molar-refractivity contribution is 0.628. The lowest BCUT2D eigenvalue weighted by Crippen LogP contribution is -1.95. The molecule has 0 fully saturated rings. The molecule has 6 heteroatoms. The van der Waals surface area contributed by atoms with Crippen LogP contribution in [0, 0.1) is 5.82 Å². The summed E-state index contributed by atoms with van der Waals surface area (Å²) in [6.07, 6.45) is 3.14. The number of nitrogens with zero attached hydrogens (tertiary/aromatic N) is 3. The van der Waals surface area contributed by atoms with Crippen LogP contribution in [0.4, 0.5) is 10.2 Å². The van der Waals surface area contributed by atoms with Gasteiger partial charge in [-0.3, -0.25) is 5.43 Å². The fraction of sp³-hybridized carbons (Fsp3) is 0. The summed E-state index contributed by atoms with van der Waals surface area (Å²) in [5.74, 6) is 0.372. The molecule has 0 bridgehead atoms. The van der Waals surface area contributed by atoms with Crippen LogP contribution >= 0.6 is 11.3 Å². The molecule has 0 saturated carbocycles. The van der Waals surface area contributed by atoms with Gasteiger partial charge in [0.05, 0.1) is 11.6 Å². The SMILES string of the molecule is Fc1ccc(/C=N\Nc2ncnc3scc(-c4ccccc4)c23)cc1. The van der Waals surface area contributed by atoms with Gasteiger partial charge in [-0.05, 0) is 23.3 Å². The highest BCUT2D eigenvalue weighted by molar-refractivity contribution is 7.17. The minimum Gasteiger partial charge on any atom is -0.261 e. The second kappa shape index (κ2) is 6.78. The van der Waals surface area contributed by atoms with Gasteiger partial charge in [-0.25, -0.2) is 14.4 Å². The zero-order valence-corrected chi connectivity index (χ0v) is 13.9. The van der Waals surface area contributed by atoms with Gasteiger partial charge in [0.15, 0.2) is 5.82 Å². The minimum atomic E-state index is -0.270. The fourth-order valence-corrected chi connectivity index (χ4v) is 3.42. The molecule has 2 aromatic heterocycles. The Hall–Kier alpha value is -3.12. The van der Waals surface area contributed by atoms with Crippen LogP contribution in [0.25, 0.3) is 21.3 Å². The molecule has 0 aliphatic rings. The molecule has 4 aromatic rings. The quantitative estimate of drug-likeness (QED) is 0.420.